The summed E-state index contributed by atoms with van der Waals surface area (Å²) >= 11 is 0. The highest BCUT2D eigenvalue weighted by Gasteiger charge is 2.47. The molecule has 1 aliphatic heterocycles. The SMILES string of the molecule is O=C([C@@H]1C[C@@H]1c1ccco1)N1CCN(Cc2ccncc2)CC1. The Morgan fingerprint density at radius 2 is 1.96 bits per heavy atom. The first-order chi connectivity index (χ1) is 11.3. The second kappa shape index (κ2) is 6.16. The molecule has 1 aliphatic carbocycles. The lowest BCUT2D eigenvalue weighted by molar-refractivity contribution is -0.134. The Morgan fingerprint density at radius 3 is 2.65 bits per heavy atom. The summed E-state index contributed by atoms with van der Waals surface area (Å²) in [6.07, 6.45) is 6.28. The Morgan fingerprint density at radius 1 is 1.17 bits per heavy atom. The smallest absolute Gasteiger partial charge is 0.226 e. The highest BCUT2D eigenvalue weighted by Crippen LogP contribution is 2.48. The molecule has 2 atom stereocenters. The fraction of sp³-hybridized carbons (Fsp3) is 0.444. The van der Waals surface area contributed by atoms with Crippen molar-refractivity contribution in [2.75, 3.05) is 26.2 Å². The Hall–Kier alpha value is -2.14. The van der Waals surface area contributed by atoms with Crippen LogP contribution in [0.4, 0.5) is 0 Å². The van der Waals surface area contributed by atoms with E-state index in [0.717, 1.165) is 44.9 Å². The number of amides is 1. The van der Waals surface area contributed by atoms with Gasteiger partial charge < -0.3 is 9.32 Å². The second-order valence-corrected chi connectivity index (χ2v) is 6.42. The maximum Gasteiger partial charge on any atom is 0.226 e. The molecule has 1 saturated heterocycles. The van der Waals surface area contributed by atoms with Crippen LogP contribution in [0.15, 0.2) is 47.3 Å². The minimum atomic E-state index is 0.132. The molecule has 1 amide bonds. The van der Waals surface area contributed by atoms with Gasteiger partial charge in [-0.15, -0.1) is 0 Å². The van der Waals surface area contributed by atoms with Gasteiger partial charge in [-0.05, 0) is 36.2 Å². The van der Waals surface area contributed by atoms with Crippen LogP contribution >= 0.6 is 0 Å². The van der Waals surface area contributed by atoms with Gasteiger partial charge in [0.05, 0.1) is 6.26 Å². The molecule has 2 aromatic heterocycles. The quantitative estimate of drug-likeness (QED) is 0.868. The molecule has 1 saturated carbocycles. The highest BCUT2D eigenvalue weighted by atomic mass is 16.3. The van der Waals surface area contributed by atoms with Gasteiger partial charge in [-0.25, -0.2) is 0 Å². The van der Waals surface area contributed by atoms with E-state index in [1.165, 1.54) is 5.56 Å². The Kier molecular flexibility index (Phi) is 3.87. The highest BCUT2D eigenvalue weighted by molar-refractivity contribution is 5.83. The Bertz CT molecular complexity index is 648. The lowest BCUT2D eigenvalue weighted by atomic mass is 10.2. The molecule has 5 heteroatoms. The summed E-state index contributed by atoms with van der Waals surface area (Å²) in [7, 11) is 0. The molecule has 120 valence electrons. The summed E-state index contributed by atoms with van der Waals surface area (Å²) in [5.74, 6) is 1.69. The summed E-state index contributed by atoms with van der Waals surface area (Å²) in [6, 6.07) is 7.98. The van der Waals surface area contributed by atoms with E-state index < -0.39 is 0 Å². The van der Waals surface area contributed by atoms with Gasteiger partial charge in [0.25, 0.3) is 0 Å². The van der Waals surface area contributed by atoms with Crippen LogP contribution in [0.1, 0.15) is 23.7 Å². The van der Waals surface area contributed by atoms with Crippen LogP contribution in [0.3, 0.4) is 0 Å². The van der Waals surface area contributed by atoms with Gasteiger partial charge in [-0.1, -0.05) is 0 Å². The number of nitrogens with zero attached hydrogens (tertiary/aromatic N) is 3. The van der Waals surface area contributed by atoms with E-state index in [-0.39, 0.29) is 5.92 Å². The number of hydrogen-bond donors (Lipinski definition) is 0. The zero-order valence-corrected chi connectivity index (χ0v) is 13.1. The van der Waals surface area contributed by atoms with Crippen LogP contribution in [-0.4, -0.2) is 46.9 Å². The number of aromatic nitrogens is 1. The van der Waals surface area contributed by atoms with Crippen molar-refractivity contribution < 1.29 is 9.21 Å². The van der Waals surface area contributed by atoms with E-state index in [0.29, 0.717) is 11.8 Å². The maximum atomic E-state index is 12.6. The monoisotopic (exact) mass is 311 g/mol. The van der Waals surface area contributed by atoms with Crippen LogP contribution < -0.4 is 0 Å². The normalized spacial score (nSPS) is 24.6. The summed E-state index contributed by atoms with van der Waals surface area (Å²) in [6.45, 7) is 4.46. The van der Waals surface area contributed by atoms with E-state index in [4.69, 9.17) is 4.42 Å². The number of furan rings is 1. The molecule has 0 spiro atoms. The molecule has 0 unspecified atom stereocenters. The topological polar surface area (TPSA) is 49.6 Å². The second-order valence-electron chi connectivity index (χ2n) is 6.42. The third-order valence-corrected chi connectivity index (χ3v) is 4.86. The zero-order valence-electron chi connectivity index (χ0n) is 13.1. The number of hydrogen-bond acceptors (Lipinski definition) is 4. The van der Waals surface area contributed by atoms with Crippen LogP contribution in [0.5, 0.6) is 0 Å². The van der Waals surface area contributed by atoms with Gasteiger partial charge in [0.1, 0.15) is 5.76 Å². The molecule has 2 aromatic rings. The van der Waals surface area contributed by atoms with Crippen molar-refractivity contribution in [1.29, 1.82) is 0 Å². The minimum absolute atomic E-state index is 0.132. The number of carbonyl (C=O) groups excluding carboxylic acids is 1. The van der Waals surface area contributed by atoms with Crippen molar-refractivity contribution in [2.45, 2.75) is 18.9 Å². The van der Waals surface area contributed by atoms with Crippen LogP contribution in [0.25, 0.3) is 0 Å². The van der Waals surface area contributed by atoms with Crippen LogP contribution in [0, 0.1) is 5.92 Å². The van der Waals surface area contributed by atoms with Gasteiger partial charge in [-0.3, -0.25) is 14.7 Å². The van der Waals surface area contributed by atoms with Crippen molar-refractivity contribution in [3.63, 3.8) is 0 Å². The van der Waals surface area contributed by atoms with Crippen molar-refractivity contribution in [3.05, 3.63) is 54.2 Å². The lowest BCUT2D eigenvalue weighted by Gasteiger charge is -2.35. The molecule has 0 N–H and O–H groups in total. The number of rotatable bonds is 4. The zero-order chi connectivity index (χ0) is 15.6. The number of pyridine rings is 1. The van der Waals surface area contributed by atoms with Gasteiger partial charge in [0, 0.05) is 57.0 Å². The molecule has 2 aliphatic rings. The Balaban J connectivity index is 1.28. The standard InChI is InChI=1S/C18H21N3O2/c22-18(16-12-15(16)17-2-1-11-23-17)21-9-7-20(8-10-21)13-14-3-5-19-6-4-14/h1-6,11,15-16H,7-10,12-13H2/t15-,16+/m0/s1. The first kappa shape index (κ1) is 14.5. The summed E-state index contributed by atoms with van der Waals surface area (Å²) in [5.41, 5.74) is 1.28. The van der Waals surface area contributed by atoms with Crippen molar-refractivity contribution in [3.8, 4) is 0 Å². The number of piperazine rings is 1. The first-order valence-corrected chi connectivity index (χ1v) is 8.25. The average molecular weight is 311 g/mol. The predicted molar refractivity (Wildman–Crippen MR) is 85.7 cm³/mol. The van der Waals surface area contributed by atoms with Crippen molar-refractivity contribution in [1.82, 2.24) is 14.8 Å². The number of carbonyl (C=O) groups is 1. The molecule has 0 aromatic carbocycles. The van der Waals surface area contributed by atoms with Gasteiger partial charge in [-0.2, -0.15) is 0 Å². The third kappa shape index (κ3) is 3.15. The summed E-state index contributed by atoms with van der Waals surface area (Å²) in [4.78, 5) is 21.1. The maximum absolute atomic E-state index is 12.6. The fourth-order valence-corrected chi connectivity index (χ4v) is 3.39. The third-order valence-electron chi connectivity index (χ3n) is 4.86. The van der Waals surface area contributed by atoms with Gasteiger partial charge in [0.15, 0.2) is 0 Å². The van der Waals surface area contributed by atoms with E-state index in [2.05, 4.69) is 22.0 Å². The van der Waals surface area contributed by atoms with E-state index in [1.807, 2.05) is 29.4 Å². The summed E-state index contributed by atoms with van der Waals surface area (Å²) < 4.78 is 5.42. The summed E-state index contributed by atoms with van der Waals surface area (Å²) in [5, 5.41) is 0. The van der Waals surface area contributed by atoms with Crippen molar-refractivity contribution >= 4 is 5.91 Å². The fourth-order valence-electron chi connectivity index (χ4n) is 3.39. The van der Waals surface area contributed by atoms with E-state index in [1.54, 1.807) is 6.26 Å². The largest absolute Gasteiger partial charge is 0.469 e. The van der Waals surface area contributed by atoms with Crippen molar-refractivity contribution in [2.24, 2.45) is 5.92 Å². The molecule has 0 bridgehead atoms. The molecule has 0 radical (unpaired) electrons. The molecular weight excluding hydrogens is 290 g/mol. The molecular formula is C18H21N3O2. The minimum Gasteiger partial charge on any atom is -0.469 e. The molecule has 3 heterocycles. The average Bonchev–Trinajstić information content (AvgIpc) is 3.21. The van der Waals surface area contributed by atoms with E-state index >= 15 is 0 Å². The molecule has 23 heavy (non-hydrogen) atoms. The van der Waals surface area contributed by atoms with Crippen LogP contribution in [-0.2, 0) is 11.3 Å². The van der Waals surface area contributed by atoms with Gasteiger partial charge >= 0.3 is 0 Å². The first-order valence-electron chi connectivity index (χ1n) is 8.25. The van der Waals surface area contributed by atoms with Crippen LogP contribution in [0.2, 0.25) is 0 Å². The molecule has 2 fully saturated rings. The van der Waals surface area contributed by atoms with E-state index in [9.17, 15) is 4.79 Å². The predicted octanol–water partition coefficient (Wildman–Crippen LogP) is 2.12. The molecule has 5 nitrogen and oxygen atoms in total. The Labute approximate surface area is 135 Å². The molecule has 4 rings (SSSR count). The lowest BCUT2D eigenvalue weighted by Crippen LogP contribution is -2.48. The van der Waals surface area contributed by atoms with Gasteiger partial charge in [0.2, 0.25) is 5.91 Å².